The summed E-state index contributed by atoms with van der Waals surface area (Å²) in [4.78, 5) is 0. The molecule has 0 aromatic carbocycles. The van der Waals surface area contributed by atoms with E-state index in [0.717, 1.165) is 19.6 Å². The Morgan fingerprint density at radius 1 is 1.50 bits per heavy atom. The molecule has 2 heteroatoms. The summed E-state index contributed by atoms with van der Waals surface area (Å²) >= 11 is 0. The largest absolute Gasteiger partial charge is 0.375 e. The van der Waals surface area contributed by atoms with Crippen molar-refractivity contribution in [3.63, 3.8) is 0 Å². The molecule has 14 heavy (non-hydrogen) atoms. The van der Waals surface area contributed by atoms with Crippen molar-refractivity contribution >= 4 is 0 Å². The molecule has 2 nitrogen and oxygen atoms in total. The van der Waals surface area contributed by atoms with E-state index in [-0.39, 0.29) is 0 Å². The minimum Gasteiger partial charge on any atom is -0.375 e. The molecule has 0 spiro atoms. The van der Waals surface area contributed by atoms with Gasteiger partial charge in [-0.3, -0.25) is 0 Å². The first-order valence-electron chi connectivity index (χ1n) is 5.91. The van der Waals surface area contributed by atoms with E-state index in [1.54, 1.807) is 0 Å². The molecular formula is C12H23O2. The molecule has 0 N–H and O–H groups in total. The maximum atomic E-state index is 5.54. The van der Waals surface area contributed by atoms with Crippen LogP contribution in [0.5, 0.6) is 0 Å². The van der Waals surface area contributed by atoms with Gasteiger partial charge in [0.15, 0.2) is 0 Å². The third-order valence-electron chi connectivity index (χ3n) is 2.70. The Morgan fingerprint density at radius 3 is 2.86 bits per heavy atom. The summed E-state index contributed by atoms with van der Waals surface area (Å²) in [6.07, 6.45) is 6.49. The van der Waals surface area contributed by atoms with Crippen molar-refractivity contribution in [3.8, 4) is 0 Å². The van der Waals surface area contributed by atoms with Crippen LogP contribution in [0.4, 0.5) is 0 Å². The summed E-state index contributed by atoms with van der Waals surface area (Å²) < 4.78 is 10.8. The minimum atomic E-state index is 0.541. The van der Waals surface area contributed by atoms with Crippen molar-refractivity contribution < 1.29 is 9.47 Å². The van der Waals surface area contributed by atoms with Crippen molar-refractivity contribution in [2.75, 3.05) is 13.2 Å². The van der Waals surface area contributed by atoms with Crippen LogP contribution in [0.15, 0.2) is 0 Å². The van der Waals surface area contributed by atoms with Crippen LogP contribution in [0.3, 0.4) is 0 Å². The number of hydrogen-bond donors (Lipinski definition) is 0. The highest BCUT2D eigenvalue weighted by Crippen LogP contribution is 2.22. The highest BCUT2D eigenvalue weighted by atomic mass is 16.6. The maximum absolute atomic E-state index is 5.54. The topological polar surface area (TPSA) is 21.8 Å². The van der Waals surface area contributed by atoms with Crippen LogP contribution in [0.1, 0.15) is 46.0 Å². The van der Waals surface area contributed by atoms with E-state index < -0.39 is 0 Å². The second-order valence-corrected chi connectivity index (χ2v) is 4.11. The van der Waals surface area contributed by atoms with Gasteiger partial charge in [-0.05, 0) is 18.8 Å². The van der Waals surface area contributed by atoms with Crippen molar-refractivity contribution in [2.45, 2.75) is 52.1 Å². The minimum absolute atomic E-state index is 0.541. The van der Waals surface area contributed by atoms with E-state index in [4.69, 9.17) is 9.47 Å². The Labute approximate surface area is 88.0 Å². The molecule has 0 aromatic heterocycles. The molecule has 1 fully saturated rings. The molecule has 0 amide bonds. The molecule has 1 heterocycles. The molecule has 0 saturated carbocycles. The van der Waals surface area contributed by atoms with Gasteiger partial charge in [-0.25, -0.2) is 0 Å². The Morgan fingerprint density at radius 2 is 2.29 bits per heavy atom. The van der Waals surface area contributed by atoms with Crippen LogP contribution in [0, 0.1) is 12.5 Å². The van der Waals surface area contributed by atoms with Gasteiger partial charge in [0.05, 0.1) is 19.3 Å². The number of ether oxygens (including phenoxy) is 2. The molecule has 2 unspecified atom stereocenters. The molecule has 1 aliphatic rings. The average Bonchev–Trinajstić information content (AvgIpc) is 2.99. The molecule has 1 rings (SSSR count). The first kappa shape index (κ1) is 12.0. The molecular weight excluding hydrogens is 176 g/mol. The summed E-state index contributed by atoms with van der Waals surface area (Å²) in [7, 11) is 0. The predicted molar refractivity (Wildman–Crippen MR) is 57.9 cm³/mol. The quantitative estimate of drug-likeness (QED) is 0.420. The normalized spacial score (nSPS) is 22.3. The van der Waals surface area contributed by atoms with E-state index in [1.807, 2.05) is 6.61 Å². The number of hydrogen-bond acceptors (Lipinski definition) is 2. The summed E-state index contributed by atoms with van der Waals surface area (Å²) in [6.45, 7) is 8.24. The first-order chi connectivity index (χ1) is 6.86. The van der Waals surface area contributed by atoms with Crippen molar-refractivity contribution in [2.24, 2.45) is 5.92 Å². The lowest BCUT2D eigenvalue weighted by Gasteiger charge is -2.13. The van der Waals surface area contributed by atoms with Crippen molar-refractivity contribution in [3.05, 3.63) is 6.61 Å². The average molecular weight is 199 g/mol. The van der Waals surface area contributed by atoms with Crippen LogP contribution in [-0.2, 0) is 9.47 Å². The number of epoxide rings is 1. The highest BCUT2D eigenvalue weighted by Gasteiger charge is 2.25. The smallest absolute Gasteiger partial charge is 0.0836 e. The van der Waals surface area contributed by atoms with E-state index in [9.17, 15) is 0 Å². The zero-order valence-corrected chi connectivity index (χ0v) is 9.50. The lowest BCUT2D eigenvalue weighted by molar-refractivity contribution is 0.136. The zero-order valence-electron chi connectivity index (χ0n) is 9.50. The molecule has 1 saturated heterocycles. The van der Waals surface area contributed by atoms with Gasteiger partial charge in [0.25, 0.3) is 0 Å². The summed E-state index contributed by atoms with van der Waals surface area (Å²) in [5.41, 5.74) is 0. The van der Waals surface area contributed by atoms with Gasteiger partial charge in [-0.15, -0.1) is 0 Å². The highest BCUT2D eigenvalue weighted by molar-refractivity contribution is 4.73. The fourth-order valence-corrected chi connectivity index (χ4v) is 1.50. The molecule has 0 aliphatic carbocycles. The van der Waals surface area contributed by atoms with E-state index in [1.165, 1.54) is 25.7 Å². The number of unbranched alkanes of at least 4 members (excludes halogenated alkanes) is 2. The molecule has 1 aliphatic heterocycles. The second kappa shape index (κ2) is 7.24. The van der Waals surface area contributed by atoms with Gasteiger partial charge in [0.2, 0.25) is 0 Å². The summed E-state index contributed by atoms with van der Waals surface area (Å²) in [6, 6.07) is 0. The van der Waals surface area contributed by atoms with Crippen molar-refractivity contribution in [1.29, 1.82) is 0 Å². The van der Waals surface area contributed by atoms with Gasteiger partial charge in [0.1, 0.15) is 0 Å². The van der Waals surface area contributed by atoms with E-state index in [0.29, 0.717) is 12.0 Å². The van der Waals surface area contributed by atoms with Gasteiger partial charge in [-0.1, -0.05) is 33.1 Å². The van der Waals surface area contributed by atoms with Gasteiger partial charge in [0, 0.05) is 6.61 Å². The molecule has 83 valence electrons. The van der Waals surface area contributed by atoms with Gasteiger partial charge in [-0.2, -0.15) is 0 Å². The standard InChI is InChI=1S/C12H23O2/c1-3-5-6-7-13-9-11(4-2)8-12-10-14-12/h7,11-12H,3-6,8-10H2,1-2H3. The lowest BCUT2D eigenvalue weighted by Crippen LogP contribution is -2.10. The predicted octanol–water partition coefficient (Wildman–Crippen LogP) is 3.17. The SMILES string of the molecule is CCCC[CH]OCC(CC)CC1CO1. The lowest BCUT2D eigenvalue weighted by atomic mass is 10.0. The second-order valence-electron chi connectivity index (χ2n) is 4.11. The number of rotatable bonds is 9. The van der Waals surface area contributed by atoms with Gasteiger partial charge >= 0.3 is 0 Å². The Bertz CT molecular complexity index is 132. The fraction of sp³-hybridized carbons (Fsp3) is 0.917. The van der Waals surface area contributed by atoms with Crippen LogP contribution < -0.4 is 0 Å². The third-order valence-corrected chi connectivity index (χ3v) is 2.70. The molecule has 1 radical (unpaired) electrons. The molecule has 0 bridgehead atoms. The Kier molecular flexibility index (Phi) is 6.20. The third kappa shape index (κ3) is 5.61. The Balaban J connectivity index is 1.90. The summed E-state index contributed by atoms with van der Waals surface area (Å²) in [5.74, 6) is 0.681. The Hall–Kier alpha value is -0.0800. The summed E-state index contributed by atoms with van der Waals surface area (Å²) in [5, 5.41) is 0. The molecule has 0 aromatic rings. The van der Waals surface area contributed by atoms with Crippen LogP contribution in [0.2, 0.25) is 0 Å². The van der Waals surface area contributed by atoms with Crippen LogP contribution >= 0.6 is 0 Å². The van der Waals surface area contributed by atoms with Crippen LogP contribution in [0.25, 0.3) is 0 Å². The first-order valence-corrected chi connectivity index (χ1v) is 5.91. The van der Waals surface area contributed by atoms with Crippen molar-refractivity contribution in [1.82, 2.24) is 0 Å². The monoisotopic (exact) mass is 199 g/mol. The molecule has 2 atom stereocenters. The van der Waals surface area contributed by atoms with E-state index >= 15 is 0 Å². The van der Waals surface area contributed by atoms with Gasteiger partial charge < -0.3 is 9.47 Å². The fourth-order valence-electron chi connectivity index (χ4n) is 1.50. The zero-order chi connectivity index (χ0) is 10.2. The van der Waals surface area contributed by atoms with E-state index in [2.05, 4.69) is 13.8 Å². The van der Waals surface area contributed by atoms with Crippen LogP contribution in [-0.4, -0.2) is 19.3 Å². The maximum Gasteiger partial charge on any atom is 0.0836 e.